The van der Waals surface area contributed by atoms with Gasteiger partial charge in [-0.2, -0.15) is 0 Å². The molecule has 1 aliphatic heterocycles. The maximum atomic E-state index is 13.1. The molecule has 194 valence electrons. The largest absolute Gasteiger partial charge is 0.460 e. The van der Waals surface area contributed by atoms with E-state index in [1.165, 1.54) is 6.92 Å². The zero-order valence-corrected chi connectivity index (χ0v) is 21.2. The third-order valence-electron chi connectivity index (χ3n) is 6.11. The summed E-state index contributed by atoms with van der Waals surface area (Å²) in [6.45, 7) is 8.64. The zero-order chi connectivity index (χ0) is 26.0. The Labute approximate surface area is 206 Å². The van der Waals surface area contributed by atoms with Gasteiger partial charge in [0, 0.05) is 0 Å². The molecular weight excluding hydrogens is 454 g/mol. The molecule has 0 unspecified atom stereocenters. The van der Waals surface area contributed by atoms with Crippen LogP contribution in [0.1, 0.15) is 65.9 Å². The molecule has 2 rings (SSSR count). The van der Waals surface area contributed by atoms with Crippen molar-refractivity contribution in [2.75, 3.05) is 0 Å². The highest BCUT2D eigenvalue weighted by Crippen LogP contribution is 2.27. The molecule has 1 amide bonds. The second-order valence-corrected chi connectivity index (χ2v) is 8.93. The van der Waals surface area contributed by atoms with Crippen molar-refractivity contribution in [2.24, 2.45) is 11.8 Å². The highest BCUT2D eigenvalue weighted by atomic mass is 16.6. The van der Waals surface area contributed by atoms with Crippen LogP contribution in [0.2, 0.25) is 0 Å². The first kappa shape index (κ1) is 28.1. The monoisotopic (exact) mass is 491 g/mol. The summed E-state index contributed by atoms with van der Waals surface area (Å²) in [5.74, 6) is -3.07. The van der Waals surface area contributed by atoms with Crippen LogP contribution in [0.4, 0.5) is 4.79 Å². The lowest BCUT2D eigenvalue weighted by Gasteiger charge is -2.30. The van der Waals surface area contributed by atoms with E-state index < -0.39 is 54.3 Å². The normalized spacial score (nSPS) is 25.7. The number of benzene rings is 1. The molecule has 1 aliphatic rings. The molecule has 1 saturated heterocycles. The lowest BCUT2D eigenvalue weighted by Crippen LogP contribution is -2.50. The Kier molecular flexibility index (Phi) is 11.0. The second kappa shape index (κ2) is 13.7. The van der Waals surface area contributed by atoms with Crippen molar-refractivity contribution >= 4 is 24.0 Å². The fourth-order valence-corrected chi connectivity index (χ4v) is 3.68. The zero-order valence-electron chi connectivity index (χ0n) is 21.2. The summed E-state index contributed by atoms with van der Waals surface area (Å²) in [7, 11) is 0. The first-order chi connectivity index (χ1) is 16.7. The molecule has 0 aromatic heterocycles. The molecule has 9 heteroatoms. The number of rotatable bonds is 9. The van der Waals surface area contributed by atoms with E-state index in [1.54, 1.807) is 26.0 Å². The number of esters is 3. The summed E-state index contributed by atoms with van der Waals surface area (Å²) in [4.78, 5) is 51.1. The molecule has 0 bridgehead atoms. The SMILES string of the molecule is CCCC[C@H]1C(=O)O[C@H](C)[C@H](NC(=O)OCc2ccccc2)C(=O)O[C@@H](C)[C@@H]1OC(=O)[C@@H](C)CC. The Hall–Kier alpha value is -3.10. The van der Waals surface area contributed by atoms with Gasteiger partial charge in [0.05, 0.1) is 11.8 Å². The number of ether oxygens (including phenoxy) is 4. The molecule has 1 aromatic rings. The Morgan fingerprint density at radius 1 is 1.03 bits per heavy atom. The Balaban J connectivity index is 2.19. The molecule has 0 saturated carbocycles. The number of nitrogens with one attached hydrogen (secondary N) is 1. The minimum absolute atomic E-state index is 0.00570. The van der Waals surface area contributed by atoms with Gasteiger partial charge < -0.3 is 24.3 Å². The van der Waals surface area contributed by atoms with Crippen molar-refractivity contribution in [3.63, 3.8) is 0 Å². The standard InChI is InChI=1S/C26H37NO8/c1-6-8-14-20-22(35-23(28)16(3)7-2)18(5)34-25(30)21(17(4)33-24(20)29)27-26(31)32-15-19-12-10-9-11-13-19/h9-13,16-18,20-22H,6-8,14-15H2,1-5H3,(H,27,31)/t16-,17+,18-,20+,21-,22-/m0/s1. The maximum absolute atomic E-state index is 13.1. The van der Waals surface area contributed by atoms with Crippen LogP contribution in [0.3, 0.4) is 0 Å². The molecule has 6 atom stereocenters. The van der Waals surface area contributed by atoms with Crippen molar-refractivity contribution in [3.8, 4) is 0 Å². The molecule has 0 radical (unpaired) electrons. The second-order valence-electron chi connectivity index (χ2n) is 8.93. The summed E-state index contributed by atoms with van der Waals surface area (Å²) < 4.78 is 22.0. The highest BCUT2D eigenvalue weighted by molar-refractivity contribution is 5.83. The van der Waals surface area contributed by atoms with E-state index in [9.17, 15) is 19.2 Å². The molecule has 35 heavy (non-hydrogen) atoms. The Morgan fingerprint density at radius 2 is 1.69 bits per heavy atom. The minimum Gasteiger partial charge on any atom is -0.460 e. The topological polar surface area (TPSA) is 117 Å². The van der Waals surface area contributed by atoms with E-state index >= 15 is 0 Å². The predicted molar refractivity (Wildman–Crippen MR) is 127 cm³/mol. The number of carbonyl (C=O) groups is 4. The third-order valence-corrected chi connectivity index (χ3v) is 6.11. The molecule has 0 aliphatic carbocycles. The quantitative estimate of drug-likeness (QED) is 0.408. The van der Waals surface area contributed by atoms with E-state index in [4.69, 9.17) is 18.9 Å². The van der Waals surface area contributed by atoms with Gasteiger partial charge in [0.25, 0.3) is 0 Å². The molecule has 1 heterocycles. The van der Waals surface area contributed by atoms with Gasteiger partial charge in [0.15, 0.2) is 12.1 Å². The maximum Gasteiger partial charge on any atom is 0.408 e. The summed E-state index contributed by atoms with van der Waals surface area (Å²) in [6, 6.07) is 7.77. The van der Waals surface area contributed by atoms with E-state index in [1.807, 2.05) is 32.0 Å². The van der Waals surface area contributed by atoms with Crippen molar-refractivity contribution in [3.05, 3.63) is 35.9 Å². The van der Waals surface area contributed by atoms with Gasteiger partial charge in [0.2, 0.25) is 0 Å². The Bertz CT molecular complexity index is 858. The Morgan fingerprint density at radius 3 is 2.31 bits per heavy atom. The number of cyclic esters (lactones) is 2. The van der Waals surface area contributed by atoms with Crippen molar-refractivity contribution in [1.82, 2.24) is 5.32 Å². The van der Waals surface area contributed by atoms with Gasteiger partial charge in [-0.25, -0.2) is 9.59 Å². The third kappa shape index (κ3) is 8.26. The van der Waals surface area contributed by atoms with Gasteiger partial charge >= 0.3 is 24.0 Å². The number of hydrogen-bond acceptors (Lipinski definition) is 8. The van der Waals surface area contributed by atoms with Gasteiger partial charge in [-0.3, -0.25) is 9.59 Å². The summed E-state index contributed by atoms with van der Waals surface area (Å²) in [6.07, 6.45) is -1.34. The number of hydrogen-bond donors (Lipinski definition) is 1. The number of unbranched alkanes of at least 4 members (excludes halogenated alkanes) is 1. The summed E-state index contributed by atoms with van der Waals surface area (Å²) in [5, 5.41) is 2.45. The highest BCUT2D eigenvalue weighted by Gasteiger charge is 2.44. The van der Waals surface area contributed by atoms with Gasteiger partial charge in [-0.15, -0.1) is 0 Å². The first-order valence-corrected chi connectivity index (χ1v) is 12.3. The van der Waals surface area contributed by atoms with E-state index in [0.717, 1.165) is 12.0 Å². The fraction of sp³-hybridized carbons (Fsp3) is 0.615. The summed E-state index contributed by atoms with van der Waals surface area (Å²) in [5.41, 5.74) is 0.775. The van der Waals surface area contributed by atoms with Crippen LogP contribution in [0.5, 0.6) is 0 Å². The number of carbonyl (C=O) groups excluding carboxylic acids is 4. The van der Waals surface area contributed by atoms with Gasteiger partial charge in [-0.1, -0.05) is 63.9 Å². The van der Waals surface area contributed by atoms with Crippen molar-refractivity contribution in [1.29, 1.82) is 0 Å². The molecular formula is C26H37NO8. The average Bonchev–Trinajstić information content (AvgIpc) is 2.86. The van der Waals surface area contributed by atoms with E-state index in [-0.39, 0.29) is 12.5 Å². The van der Waals surface area contributed by atoms with E-state index in [2.05, 4.69) is 5.32 Å². The van der Waals surface area contributed by atoms with Crippen LogP contribution in [-0.4, -0.2) is 48.4 Å². The van der Waals surface area contributed by atoms with Crippen LogP contribution in [0, 0.1) is 11.8 Å². The van der Waals surface area contributed by atoms with Gasteiger partial charge in [-0.05, 0) is 32.3 Å². The lowest BCUT2D eigenvalue weighted by molar-refractivity contribution is -0.177. The lowest BCUT2D eigenvalue weighted by atomic mass is 9.92. The van der Waals surface area contributed by atoms with Crippen molar-refractivity contribution < 1.29 is 38.1 Å². The molecule has 1 N–H and O–H groups in total. The minimum atomic E-state index is -1.29. The molecule has 0 spiro atoms. The molecule has 1 fully saturated rings. The number of alkyl carbamates (subject to hydrolysis) is 1. The average molecular weight is 492 g/mol. The summed E-state index contributed by atoms with van der Waals surface area (Å²) >= 11 is 0. The molecule has 1 aromatic carbocycles. The van der Waals surface area contributed by atoms with Crippen LogP contribution >= 0.6 is 0 Å². The molecule has 9 nitrogen and oxygen atoms in total. The van der Waals surface area contributed by atoms with E-state index in [0.29, 0.717) is 19.3 Å². The van der Waals surface area contributed by atoms with Gasteiger partial charge in [0.1, 0.15) is 18.8 Å². The van der Waals surface area contributed by atoms with Crippen LogP contribution in [0.25, 0.3) is 0 Å². The van der Waals surface area contributed by atoms with Crippen LogP contribution in [-0.2, 0) is 39.9 Å². The van der Waals surface area contributed by atoms with Crippen LogP contribution < -0.4 is 5.32 Å². The van der Waals surface area contributed by atoms with Crippen molar-refractivity contribution in [2.45, 2.75) is 91.3 Å². The number of amides is 1. The predicted octanol–water partition coefficient (Wildman–Crippen LogP) is 3.92. The first-order valence-electron chi connectivity index (χ1n) is 12.3. The smallest absolute Gasteiger partial charge is 0.408 e. The van der Waals surface area contributed by atoms with Crippen LogP contribution in [0.15, 0.2) is 30.3 Å². The fourth-order valence-electron chi connectivity index (χ4n) is 3.68.